The maximum Gasteiger partial charge on any atom is 0.234 e. The highest BCUT2D eigenvalue weighted by atomic mass is 35.5. The Bertz CT molecular complexity index is 1090. The van der Waals surface area contributed by atoms with Crippen LogP contribution in [0.3, 0.4) is 0 Å². The van der Waals surface area contributed by atoms with Crippen LogP contribution in [0.1, 0.15) is 35.4 Å². The summed E-state index contributed by atoms with van der Waals surface area (Å²) >= 11 is 6.01. The molecular weight excluding hydrogens is 460 g/mol. The van der Waals surface area contributed by atoms with Gasteiger partial charge in [-0.05, 0) is 41.7 Å². The lowest BCUT2D eigenvalue weighted by Crippen LogP contribution is -2.51. The molecule has 2 unspecified atom stereocenters. The number of carbonyl (C=O) groups is 1. The van der Waals surface area contributed by atoms with Crippen LogP contribution in [0.5, 0.6) is 0 Å². The number of amides is 1. The lowest BCUT2D eigenvalue weighted by atomic mass is 9.84. The molecule has 182 valence electrons. The number of hydrogen-bond donors (Lipinski definition) is 2. The molecule has 0 radical (unpaired) electrons. The van der Waals surface area contributed by atoms with Crippen molar-refractivity contribution < 1.29 is 15.0 Å². The van der Waals surface area contributed by atoms with Crippen molar-refractivity contribution in [3.63, 3.8) is 0 Å². The number of benzene rings is 3. The lowest BCUT2D eigenvalue weighted by Gasteiger charge is -2.41. The van der Waals surface area contributed by atoms with Crippen molar-refractivity contribution in [2.45, 2.75) is 36.5 Å². The molecule has 35 heavy (non-hydrogen) atoms. The zero-order valence-corrected chi connectivity index (χ0v) is 20.4. The van der Waals surface area contributed by atoms with Crippen molar-refractivity contribution in [1.29, 1.82) is 0 Å². The van der Waals surface area contributed by atoms with Crippen LogP contribution in [0.4, 0.5) is 0 Å². The van der Waals surface area contributed by atoms with Crippen molar-refractivity contribution in [1.82, 2.24) is 9.80 Å². The number of β-amino-alcohol motifs (C(OH)–C–C–N with tert-alkyl or cyclic N) is 1. The van der Waals surface area contributed by atoms with Crippen LogP contribution in [-0.2, 0) is 10.4 Å². The molecule has 0 aliphatic carbocycles. The van der Waals surface area contributed by atoms with Crippen molar-refractivity contribution in [3.8, 4) is 0 Å². The van der Waals surface area contributed by atoms with Crippen molar-refractivity contribution in [2.24, 2.45) is 0 Å². The van der Waals surface area contributed by atoms with Crippen molar-refractivity contribution in [2.75, 3.05) is 26.2 Å². The minimum Gasteiger partial charge on any atom is -0.390 e. The molecular formula is C29H31ClN2O3. The van der Waals surface area contributed by atoms with E-state index in [1.807, 2.05) is 72.8 Å². The number of halogens is 1. The summed E-state index contributed by atoms with van der Waals surface area (Å²) in [5, 5.41) is 22.8. The summed E-state index contributed by atoms with van der Waals surface area (Å²) in [5.41, 5.74) is 1.88. The second-order valence-corrected chi connectivity index (χ2v) is 10.1. The van der Waals surface area contributed by atoms with Gasteiger partial charge in [-0.1, -0.05) is 84.4 Å². The molecule has 0 aromatic heterocycles. The van der Waals surface area contributed by atoms with E-state index in [1.54, 1.807) is 17.0 Å². The zero-order chi connectivity index (χ0) is 24.4. The van der Waals surface area contributed by atoms with Gasteiger partial charge in [-0.2, -0.15) is 0 Å². The van der Waals surface area contributed by atoms with E-state index in [2.05, 4.69) is 4.90 Å². The minimum atomic E-state index is -0.897. The standard InChI is InChI=1S/C29H31ClN2O3/c30-24-13-11-23(12-14-24)29(35)15-17-31(18-16-29)25-19-32(20-26(25)33)28(34)27(21-7-3-1-4-8-21)22-9-5-2-6-10-22/h1-14,25-27,33,35H,15-20H2. The molecule has 2 aliphatic rings. The average Bonchev–Trinajstić information content (AvgIpc) is 3.28. The Hall–Kier alpha value is -2.70. The van der Waals surface area contributed by atoms with E-state index in [4.69, 9.17) is 11.6 Å². The van der Waals surface area contributed by atoms with E-state index < -0.39 is 17.6 Å². The molecule has 1 amide bonds. The second kappa shape index (κ2) is 10.1. The predicted octanol–water partition coefficient (Wildman–Crippen LogP) is 4.03. The van der Waals surface area contributed by atoms with Gasteiger partial charge < -0.3 is 15.1 Å². The molecule has 6 heteroatoms. The van der Waals surface area contributed by atoms with Gasteiger partial charge in [-0.15, -0.1) is 0 Å². The van der Waals surface area contributed by atoms with Crippen molar-refractivity contribution >= 4 is 17.5 Å². The molecule has 0 spiro atoms. The highest BCUT2D eigenvalue weighted by Gasteiger charge is 2.43. The summed E-state index contributed by atoms with van der Waals surface area (Å²) in [7, 11) is 0. The summed E-state index contributed by atoms with van der Waals surface area (Å²) in [4.78, 5) is 17.8. The first-order chi connectivity index (χ1) is 16.9. The van der Waals surface area contributed by atoms with Crippen LogP contribution in [0.2, 0.25) is 5.02 Å². The summed E-state index contributed by atoms with van der Waals surface area (Å²) in [6.45, 7) is 2.11. The Labute approximate surface area is 211 Å². The van der Waals surface area contributed by atoms with E-state index in [0.29, 0.717) is 44.0 Å². The van der Waals surface area contributed by atoms with Gasteiger partial charge in [0.15, 0.2) is 0 Å². The molecule has 0 saturated carbocycles. The predicted molar refractivity (Wildman–Crippen MR) is 137 cm³/mol. The number of rotatable bonds is 5. The molecule has 0 bridgehead atoms. The molecule has 2 N–H and O–H groups in total. The normalized spacial score (nSPS) is 22.5. The van der Waals surface area contributed by atoms with Gasteiger partial charge >= 0.3 is 0 Å². The fraction of sp³-hybridized carbons (Fsp3) is 0.345. The Kier molecular flexibility index (Phi) is 6.94. The maximum absolute atomic E-state index is 13.8. The SMILES string of the molecule is O=C(C(c1ccccc1)c1ccccc1)N1CC(O)C(N2CCC(O)(c3ccc(Cl)cc3)CC2)C1. The molecule has 3 aromatic rings. The number of aliphatic hydroxyl groups excluding tert-OH is 1. The molecule has 2 saturated heterocycles. The number of piperidine rings is 1. The fourth-order valence-electron chi connectivity index (χ4n) is 5.53. The van der Waals surface area contributed by atoms with E-state index in [9.17, 15) is 15.0 Å². The smallest absolute Gasteiger partial charge is 0.234 e. The highest BCUT2D eigenvalue weighted by Crippen LogP contribution is 2.36. The van der Waals surface area contributed by atoms with Crippen LogP contribution >= 0.6 is 11.6 Å². The van der Waals surface area contributed by atoms with E-state index in [-0.39, 0.29) is 11.9 Å². The lowest BCUT2D eigenvalue weighted by molar-refractivity contribution is -0.131. The third-order valence-electron chi connectivity index (χ3n) is 7.56. The molecule has 2 aliphatic heterocycles. The van der Waals surface area contributed by atoms with Gasteiger partial charge in [0.25, 0.3) is 0 Å². The van der Waals surface area contributed by atoms with Gasteiger partial charge in [0.2, 0.25) is 5.91 Å². The summed E-state index contributed by atoms with van der Waals surface area (Å²) in [6, 6.07) is 26.9. The quantitative estimate of drug-likeness (QED) is 0.567. The third kappa shape index (κ3) is 5.00. The van der Waals surface area contributed by atoms with Crippen LogP contribution in [0.25, 0.3) is 0 Å². The third-order valence-corrected chi connectivity index (χ3v) is 7.81. The Morgan fingerprint density at radius 3 is 1.94 bits per heavy atom. The largest absolute Gasteiger partial charge is 0.390 e. The minimum absolute atomic E-state index is 0.0126. The maximum atomic E-state index is 13.8. The highest BCUT2D eigenvalue weighted by molar-refractivity contribution is 6.30. The topological polar surface area (TPSA) is 64.0 Å². The Balaban J connectivity index is 1.29. The average molecular weight is 491 g/mol. The van der Waals surface area contributed by atoms with Gasteiger partial charge in [-0.25, -0.2) is 0 Å². The van der Waals surface area contributed by atoms with Crippen LogP contribution in [-0.4, -0.2) is 64.2 Å². The molecule has 2 fully saturated rings. The summed E-state index contributed by atoms with van der Waals surface area (Å²) in [6.07, 6.45) is 0.526. The first-order valence-corrected chi connectivity index (χ1v) is 12.6. The molecule has 5 rings (SSSR count). The number of hydrogen-bond acceptors (Lipinski definition) is 4. The van der Waals surface area contributed by atoms with Crippen molar-refractivity contribution in [3.05, 3.63) is 107 Å². The van der Waals surface area contributed by atoms with Crippen LogP contribution < -0.4 is 0 Å². The van der Waals surface area contributed by atoms with E-state index >= 15 is 0 Å². The van der Waals surface area contributed by atoms with Gasteiger partial charge in [-0.3, -0.25) is 9.69 Å². The van der Waals surface area contributed by atoms with Crippen LogP contribution in [0.15, 0.2) is 84.9 Å². The van der Waals surface area contributed by atoms with E-state index in [0.717, 1.165) is 16.7 Å². The van der Waals surface area contributed by atoms with Crippen LogP contribution in [0, 0.1) is 0 Å². The van der Waals surface area contributed by atoms with Gasteiger partial charge in [0.1, 0.15) is 0 Å². The molecule has 3 aromatic carbocycles. The van der Waals surface area contributed by atoms with Gasteiger partial charge in [0.05, 0.1) is 23.7 Å². The fourth-order valence-corrected chi connectivity index (χ4v) is 5.66. The Morgan fingerprint density at radius 1 is 0.857 bits per heavy atom. The summed E-state index contributed by atoms with van der Waals surface area (Å²) in [5.74, 6) is -0.390. The van der Waals surface area contributed by atoms with Gasteiger partial charge in [0, 0.05) is 31.2 Å². The first-order valence-electron chi connectivity index (χ1n) is 12.2. The summed E-state index contributed by atoms with van der Waals surface area (Å²) < 4.78 is 0. The zero-order valence-electron chi connectivity index (χ0n) is 19.6. The monoisotopic (exact) mass is 490 g/mol. The molecule has 5 nitrogen and oxygen atoms in total. The number of nitrogens with zero attached hydrogens (tertiary/aromatic N) is 2. The molecule has 2 atom stereocenters. The molecule has 2 heterocycles. The van der Waals surface area contributed by atoms with E-state index in [1.165, 1.54) is 0 Å². The Morgan fingerprint density at radius 2 is 1.40 bits per heavy atom. The number of carbonyl (C=O) groups excluding carboxylic acids is 1. The number of likely N-dealkylation sites (tertiary alicyclic amines) is 2. The number of aliphatic hydroxyl groups is 2. The first kappa shape index (κ1) is 24.0. The second-order valence-electron chi connectivity index (χ2n) is 9.71.